The van der Waals surface area contributed by atoms with E-state index in [1.54, 1.807) is 0 Å². The second-order valence-electron chi connectivity index (χ2n) is 3.58. The van der Waals surface area contributed by atoms with Crippen LogP contribution in [0.25, 0.3) is 0 Å². The number of hydrogen-bond donors (Lipinski definition) is 1. The molecule has 0 fully saturated rings. The summed E-state index contributed by atoms with van der Waals surface area (Å²) in [4.78, 5) is 17.7. The Labute approximate surface area is 118 Å². The highest BCUT2D eigenvalue weighted by Crippen LogP contribution is 2.34. The first-order valence-electron chi connectivity index (χ1n) is 5.30. The number of non-ortho nitro benzene ring substituents is 1. The lowest BCUT2D eigenvalue weighted by Gasteiger charge is -2.09. The third kappa shape index (κ3) is 3.04. The highest BCUT2D eigenvalue weighted by Gasteiger charge is 2.14. The molecular formula is C11H9ClN4O4. The van der Waals surface area contributed by atoms with E-state index in [9.17, 15) is 10.1 Å². The number of aromatic nitrogens is 2. The summed E-state index contributed by atoms with van der Waals surface area (Å²) in [5, 5.41) is 10.8. The summed E-state index contributed by atoms with van der Waals surface area (Å²) in [7, 11) is 1.37. The number of nitro groups is 1. The van der Waals surface area contributed by atoms with Crippen LogP contribution in [0, 0.1) is 10.1 Å². The van der Waals surface area contributed by atoms with Gasteiger partial charge in [-0.25, -0.2) is 4.98 Å². The molecule has 1 heterocycles. The molecule has 0 saturated carbocycles. The molecule has 0 bridgehead atoms. The van der Waals surface area contributed by atoms with Crippen molar-refractivity contribution in [3.63, 3.8) is 0 Å². The molecule has 0 radical (unpaired) electrons. The molecule has 20 heavy (non-hydrogen) atoms. The number of hydrogen-bond acceptors (Lipinski definition) is 7. The smallest absolute Gasteiger partial charge is 0.273 e. The zero-order valence-corrected chi connectivity index (χ0v) is 11.0. The molecule has 1 aromatic carbocycles. The second-order valence-corrected chi connectivity index (χ2v) is 3.97. The molecule has 2 aromatic rings. The Morgan fingerprint density at radius 3 is 2.65 bits per heavy atom. The van der Waals surface area contributed by atoms with Crippen molar-refractivity contribution in [2.24, 2.45) is 0 Å². The van der Waals surface area contributed by atoms with Gasteiger partial charge < -0.3 is 15.2 Å². The van der Waals surface area contributed by atoms with Crippen molar-refractivity contribution in [1.82, 2.24) is 9.97 Å². The zero-order valence-electron chi connectivity index (χ0n) is 10.2. The minimum absolute atomic E-state index is 0.0478. The predicted octanol–water partition coefficient (Wildman–Crippen LogP) is 2.42. The summed E-state index contributed by atoms with van der Waals surface area (Å²) in [5.74, 6) is 0.489. The van der Waals surface area contributed by atoms with Gasteiger partial charge in [-0.3, -0.25) is 10.1 Å². The van der Waals surface area contributed by atoms with Crippen molar-refractivity contribution >= 4 is 23.2 Å². The molecule has 0 spiro atoms. The minimum Gasteiger partial charge on any atom is -0.493 e. The molecule has 0 saturated heterocycles. The molecule has 0 atom stereocenters. The number of nitrogens with zero attached hydrogens (tertiary/aromatic N) is 3. The van der Waals surface area contributed by atoms with Crippen molar-refractivity contribution in [1.29, 1.82) is 0 Å². The first-order valence-corrected chi connectivity index (χ1v) is 5.67. The molecule has 1 aromatic heterocycles. The predicted molar refractivity (Wildman–Crippen MR) is 71.2 cm³/mol. The number of nitro benzene ring substituents is 1. The van der Waals surface area contributed by atoms with Crippen LogP contribution in [0.2, 0.25) is 5.15 Å². The molecule has 0 aliphatic rings. The van der Waals surface area contributed by atoms with E-state index in [2.05, 4.69) is 9.97 Å². The Balaban J connectivity index is 2.35. The molecule has 104 valence electrons. The van der Waals surface area contributed by atoms with Gasteiger partial charge >= 0.3 is 0 Å². The summed E-state index contributed by atoms with van der Waals surface area (Å²) < 4.78 is 10.5. The van der Waals surface area contributed by atoms with Crippen molar-refractivity contribution in [2.45, 2.75) is 0 Å². The Morgan fingerprint density at radius 1 is 1.30 bits per heavy atom. The Morgan fingerprint density at radius 2 is 2.05 bits per heavy atom. The molecule has 0 aliphatic heterocycles. The van der Waals surface area contributed by atoms with Gasteiger partial charge in [-0.2, -0.15) is 4.98 Å². The van der Waals surface area contributed by atoms with E-state index in [0.717, 1.165) is 0 Å². The van der Waals surface area contributed by atoms with E-state index in [1.165, 1.54) is 31.4 Å². The van der Waals surface area contributed by atoms with Gasteiger partial charge in [0.05, 0.1) is 18.1 Å². The third-order valence-corrected chi connectivity index (χ3v) is 2.45. The molecule has 0 amide bonds. The summed E-state index contributed by atoms with van der Waals surface area (Å²) in [6.07, 6.45) is 0. The standard InChI is InChI=1S/C11H9ClN4O4/c1-19-8-4-6(16(17)18)2-3-7(8)20-10-5-9(12)14-11(13)15-10/h2-5H,1H3,(H2,13,14,15). The van der Waals surface area contributed by atoms with Crippen molar-refractivity contribution in [2.75, 3.05) is 12.8 Å². The quantitative estimate of drug-likeness (QED) is 0.523. The second kappa shape index (κ2) is 5.57. The van der Waals surface area contributed by atoms with Gasteiger partial charge in [-0.05, 0) is 6.07 Å². The highest BCUT2D eigenvalue weighted by molar-refractivity contribution is 6.29. The monoisotopic (exact) mass is 296 g/mol. The number of anilines is 1. The van der Waals surface area contributed by atoms with E-state index in [1.807, 2.05) is 0 Å². The van der Waals surface area contributed by atoms with Crippen molar-refractivity contribution < 1.29 is 14.4 Å². The van der Waals surface area contributed by atoms with Crippen LogP contribution in [0.1, 0.15) is 0 Å². The number of nitrogen functional groups attached to an aromatic ring is 1. The first-order chi connectivity index (χ1) is 9.49. The average molecular weight is 297 g/mol. The lowest BCUT2D eigenvalue weighted by atomic mass is 10.3. The van der Waals surface area contributed by atoms with Crippen LogP contribution in [0.5, 0.6) is 17.4 Å². The van der Waals surface area contributed by atoms with Crippen molar-refractivity contribution in [3.05, 3.63) is 39.5 Å². The van der Waals surface area contributed by atoms with Gasteiger partial charge in [0.15, 0.2) is 11.5 Å². The van der Waals surface area contributed by atoms with Crippen LogP contribution in [-0.4, -0.2) is 22.0 Å². The van der Waals surface area contributed by atoms with Gasteiger partial charge in [-0.15, -0.1) is 0 Å². The van der Waals surface area contributed by atoms with Crippen molar-refractivity contribution in [3.8, 4) is 17.4 Å². The lowest BCUT2D eigenvalue weighted by molar-refractivity contribution is -0.384. The van der Waals surface area contributed by atoms with Crippen LogP contribution in [0.4, 0.5) is 11.6 Å². The van der Waals surface area contributed by atoms with E-state index < -0.39 is 4.92 Å². The number of ether oxygens (including phenoxy) is 2. The molecule has 0 aliphatic carbocycles. The number of rotatable bonds is 4. The SMILES string of the molecule is COc1cc([N+](=O)[O-])ccc1Oc1cc(Cl)nc(N)n1. The summed E-state index contributed by atoms with van der Waals surface area (Å²) >= 11 is 5.73. The topological polar surface area (TPSA) is 113 Å². The molecular weight excluding hydrogens is 288 g/mol. The van der Waals surface area contributed by atoms with Gasteiger partial charge in [0, 0.05) is 12.1 Å². The fourth-order valence-corrected chi connectivity index (χ4v) is 1.61. The van der Waals surface area contributed by atoms with Crippen LogP contribution in [-0.2, 0) is 0 Å². The highest BCUT2D eigenvalue weighted by atomic mass is 35.5. The minimum atomic E-state index is -0.536. The Hall–Kier alpha value is -2.61. The van der Waals surface area contributed by atoms with Gasteiger partial charge in [0.2, 0.25) is 11.8 Å². The zero-order chi connectivity index (χ0) is 14.7. The normalized spacial score (nSPS) is 10.1. The summed E-state index contributed by atoms with van der Waals surface area (Å²) in [6, 6.07) is 5.27. The van der Waals surface area contributed by atoms with E-state index >= 15 is 0 Å². The van der Waals surface area contributed by atoms with Crippen LogP contribution >= 0.6 is 11.6 Å². The maximum absolute atomic E-state index is 10.7. The molecule has 0 unspecified atom stereocenters. The molecule has 2 rings (SSSR count). The number of benzene rings is 1. The summed E-state index contributed by atoms with van der Waals surface area (Å²) in [5.41, 5.74) is 5.32. The van der Waals surface area contributed by atoms with Gasteiger partial charge in [-0.1, -0.05) is 11.6 Å². The van der Waals surface area contributed by atoms with Gasteiger partial charge in [0.1, 0.15) is 5.15 Å². The number of methoxy groups -OCH3 is 1. The Kier molecular flexibility index (Phi) is 3.85. The Bertz CT molecular complexity index is 645. The lowest BCUT2D eigenvalue weighted by Crippen LogP contribution is -1.98. The molecule has 2 N–H and O–H groups in total. The summed E-state index contributed by atoms with van der Waals surface area (Å²) in [6.45, 7) is 0. The van der Waals surface area contributed by atoms with E-state index in [4.69, 9.17) is 26.8 Å². The number of nitrogens with two attached hydrogens (primary N) is 1. The fraction of sp³-hybridized carbons (Fsp3) is 0.0909. The largest absolute Gasteiger partial charge is 0.493 e. The maximum atomic E-state index is 10.7. The molecule has 9 heteroatoms. The maximum Gasteiger partial charge on any atom is 0.273 e. The van der Waals surface area contributed by atoms with Crippen LogP contribution < -0.4 is 15.2 Å². The van der Waals surface area contributed by atoms with E-state index in [-0.39, 0.29) is 34.2 Å². The first kappa shape index (κ1) is 13.8. The third-order valence-electron chi connectivity index (χ3n) is 2.26. The van der Waals surface area contributed by atoms with Crippen LogP contribution in [0.15, 0.2) is 24.3 Å². The van der Waals surface area contributed by atoms with Gasteiger partial charge in [0.25, 0.3) is 5.69 Å². The number of halogens is 1. The fourth-order valence-electron chi connectivity index (χ4n) is 1.43. The van der Waals surface area contributed by atoms with Crippen LogP contribution in [0.3, 0.4) is 0 Å². The van der Waals surface area contributed by atoms with E-state index in [0.29, 0.717) is 0 Å². The average Bonchev–Trinajstić information content (AvgIpc) is 2.37. The molecule has 8 nitrogen and oxygen atoms in total.